The quantitative estimate of drug-likeness (QED) is 0.296. The van der Waals surface area contributed by atoms with E-state index in [1.54, 1.807) is 10.3 Å². The standard InChI is InChI=1S/C6H3ClNS2.BF4/c7-4-1-2-5-6(3-4)9-10-8-5;2-1(3,4)5/h1-3H;/q+1;-1. The highest BCUT2D eigenvalue weighted by atomic mass is 35.5. The number of aromatic nitrogens is 1. The predicted molar refractivity (Wildman–Crippen MR) is 57.1 cm³/mol. The fourth-order valence-corrected chi connectivity index (χ4v) is 2.75. The number of fused-ring (bicyclic) bond motifs is 1. The minimum atomic E-state index is -6.00. The fraction of sp³-hybridized carbons (Fsp3) is 0. The number of halogens is 5. The van der Waals surface area contributed by atoms with Crippen molar-refractivity contribution in [3.63, 3.8) is 0 Å². The highest BCUT2D eigenvalue weighted by Gasteiger charge is 2.20. The molecule has 2 aromatic rings. The van der Waals surface area contributed by atoms with Gasteiger partial charge in [-0.2, -0.15) is 0 Å². The number of hydrogen-bond acceptors (Lipinski definition) is 2. The van der Waals surface area contributed by atoms with Crippen LogP contribution in [0, 0.1) is 0 Å². The summed E-state index contributed by atoms with van der Waals surface area (Å²) >= 11 is 5.76. The van der Waals surface area contributed by atoms with E-state index in [1.165, 1.54) is 10.5 Å². The molecule has 9 heteroatoms. The Labute approximate surface area is 95.0 Å². The van der Waals surface area contributed by atoms with Crippen LogP contribution in [-0.4, -0.2) is 11.6 Å². The Morgan fingerprint density at radius 3 is 2.47 bits per heavy atom. The van der Waals surface area contributed by atoms with Gasteiger partial charge >= 0.3 is 17.6 Å². The van der Waals surface area contributed by atoms with Gasteiger partial charge in [0, 0.05) is 11.1 Å². The first kappa shape index (κ1) is 12.6. The van der Waals surface area contributed by atoms with E-state index in [1.807, 2.05) is 18.2 Å². The second-order valence-corrected chi connectivity index (χ2v) is 4.68. The van der Waals surface area contributed by atoms with Crippen molar-refractivity contribution in [3.8, 4) is 0 Å². The van der Waals surface area contributed by atoms with Gasteiger partial charge in [0.1, 0.15) is 5.52 Å². The lowest BCUT2D eigenvalue weighted by Crippen LogP contribution is -2.02. The summed E-state index contributed by atoms with van der Waals surface area (Å²) in [5.74, 6) is 0. The van der Waals surface area contributed by atoms with Crippen molar-refractivity contribution in [1.29, 1.82) is 0 Å². The minimum absolute atomic E-state index is 0.781. The molecule has 0 atom stereocenters. The molecule has 0 N–H and O–H groups in total. The SMILES string of the molecule is Clc1ccc2ns[s+]c2c1.F[B-](F)(F)F. The average molecular weight is 275 g/mol. The molecule has 1 aromatic heterocycles. The van der Waals surface area contributed by atoms with Crippen LogP contribution in [0.1, 0.15) is 0 Å². The van der Waals surface area contributed by atoms with E-state index >= 15 is 0 Å². The molecule has 0 aliphatic carbocycles. The lowest BCUT2D eigenvalue weighted by atomic mass is 10.3. The summed E-state index contributed by atoms with van der Waals surface area (Å²) in [7, 11) is -2.86. The minimum Gasteiger partial charge on any atom is -0.418 e. The zero-order chi connectivity index (χ0) is 11.5. The maximum atomic E-state index is 9.75. The largest absolute Gasteiger partial charge is 0.673 e. The molecule has 0 unspecified atom stereocenters. The molecular weight excluding hydrogens is 272 g/mol. The van der Waals surface area contributed by atoms with E-state index in [0.29, 0.717) is 0 Å². The highest BCUT2D eigenvalue weighted by Crippen LogP contribution is 2.24. The van der Waals surface area contributed by atoms with Gasteiger partial charge in [-0.05, 0) is 12.1 Å². The van der Waals surface area contributed by atoms with E-state index in [0.717, 1.165) is 15.2 Å². The van der Waals surface area contributed by atoms with Gasteiger partial charge in [-0.1, -0.05) is 11.6 Å². The van der Waals surface area contributed by atoms with Crippen molar-refractivity contribution < 1.29 is 17.3 Å². The zero-order valence-electron chi connectivity index (χ0n) is 6.96. The lowest BCUT2D eigenvalue weighted by Gasteiger charge is -1.94. The van der Waals surface area contributed by atoms with Gasteiger partial charge in [-0.15, -0.1) is 4.37 Å². The van der Waals surface area contributed by atoms with Crippen LogP contribution in [0.15, 0.2) is 18.2 Å². The van der Waals surface area contributed by atoms with Gasteiger partial charge in [0.05, 0.1) is 0 Å². The lowest BCUT2D eigenvalue weighted by molar-refractivity contribution is 0.368. The average Bonchev–Trinajstić information content (AvgIpc) is 2.47. The van der Waals surface area contributed by atoms with Crippen LogP contribution < -0.4 is 0 Å². The molecule has 0 aliphatic heterocycles. The molecule has 0 spiro atoms. The monoisotopic (exact) mass is 275 g/mol. The zero-order valence-corrected chi connectivity index (χ0v) is 9.35. The van der Waals surface area contributed by atoms with Crippen LogP contribution in [0.4, 0.5) is 17.3 Å². The van der Waals surface area contributed by atoms with Gasteiger partial charge < -0.3 is 17.3 Å². The first-order valence-corrected chi connectivity index (χ1v) is 6.06. The summed E-state index contributed by atoms with van der Waals surface area (Å²) in [5, 5.41) is 0.781. The van der Waals surface area contributed by atoms with E-state index in [2.05, 4.69) is 4.37 Å². The van der Waals surface area contributed by atoms with Crippen LogP contribution in [0.2, 0.25) is 5.02 Å². The Morgan fingerprint density at radius 2 is 1.87 bits per heavy atom. The number of benzene rings is 1. The molecule has 0 aliphatic rings. The topological polar surface area (TPSA) is 12.9 Å². The van der Waals surface area contributed by atoms with E-state index in [4.69, 9.17) is 11.6 Å². The third kappa shape index (κ3) is 5.24. The summed E-state index contributed by atoms with van der Waals surface area (Å²) in [6.07, 6.45) is 0. The van der Waals surface area contributed by atoms with Crippen molar-refractivity contribution in [2.45, 2.75) is 0 Å². The van der Waals surface area contributed by atoms with Crippen LogP contribution >= 0.6 is 32.5 Å². The highest BCUT2D eigenvalue weighted by molar-refractivity contribution is 7.69. The fourth-order valence-electron chi connectivity index (χ4n) is 0.729. The Morgan fingerprint density at radius 1 is 1.27 bits per heavy atom. The van der Waals surface area contributed by atoms with Crippen molar-refractivity contribution in [3.05, 3.63) is 23.2 Å². The Hall–Kier alpha value is -0.465. The maximum Gasteiger partial charge on any atom is 0.673 e. The van der Waals surface area contributed by atoms with Crippen molar-refractivity contribution >= 4 is 49.9 Å². The molecule has 1 nitrogen and oxygen atoms in total. The molecule has 0 amide bonds. The first-order chi connectivity index (χ1) is 6.86. The van der Waals surface area contributed by atoms with Crippen LogP contribution in [0.3, 0.4) is 0 Å². The molecule has 0 radical (unpaired) electrons. The normalized spacial score (nSPS) is 11.0. The molecule has 0 fully saturated rings. The summed E-state index contributed by atoms with van der Waals surface area (Å²) in [5.41, 5.74) is 1.04. The van der Waals surface area contributed by atoms with Crippen LogP contribution in [-0.2, 0) is 0 Å². The molecule has 1 aromatic carbocycles. The Kier molecular flexibility index (Phi) is 4.24. The van der Waals surface area contributed by atoms with E-state index < -0.39 is 7.25 Å². The maximum absolute atomic E-state index is 9.75. The molecular formula is C6H3BClF4NS2. The summed E-state index contributed by atoms with van der Waals surface area (Å²) in [6, 6.07) is 5.73. The molecule has 82 valence electrons. The predicted octanol–water partition coefficient (Wildman–Crippen LogP) is 4.59. The second kappa shape index (κ2) is 5.04. The number of hydrogen-bond donors (Lipinski definition) is 0. The third-order valence-corrected chi connectivity index (χ3v) is 3.26. The second-order valence-electron chi connectivity index (χ2n) is 2.36. The van der Waals surface area contributed by atoms with Gasteiger partial charge in [-0.25, -0.2) is 0 Å². The van der Waals surface area contributed by atoms with E-state index in [9.17, 15) is 17.3 Å². The van der Waals surface area contributed by atoms with E-state index in [-0.39, 0.29) is 0 Å². The summed E-state index contributed by atoms with van der Waals surface area (Å²) < 4.78 is 44.3. The Balaban J connectivity index is 0.000000195. The summed E-state index contributed by atoms with van der Waals surface area (Å²) in [4.78, 5) is 0. The van der Waals surface area contributed by atoms with Gasteiger partial charge in [0.2, 0.25) is 0 Å². The Bertz CT molecular complexity index is 440. The molecule has 2 rings (SSSR count). The molecule has 0 bridgehead atoms. The number of rotatable bonds is 0. The van der Waals surface area contributed by atoms with Gasteiger partial charge in [0.15, 0.2) is 0 Å². The summed E-state index contributed by atoms with van der Waals surface area (Å²) in [6.45, 7) is 0. The molecule has 0 saturated carbocycles. The van der Waals surface area contributed by atoms with Crippen molar-refractivity contribution in [2.75, 3.05) is 0 Å². The first-order valence-electron chi connectivity index (χ1n) is 3.58. The van der Waals surface area contributed by atoms with Crippen LogP contribution in [0.5, 0.6) is 0 Å². The van der Waals surface area contributed by atoms with Crippen molar-refractivity contribution in [2.24, 2.45) is 0 Å². The van der Waals surface area contributed by atoms with Gasteiger partial charge in [-0.3, -0.25) is 0 Å². The van der Waals surface area contributed by atoms with Crippen molar-refractivity contribution in [1.82, 2.24) is 4.37 Å². The van der Waals surface area contributed by atoms with Crippen LogP contribution in [0.25, 0.3) is 10.2 Å². The molecule has 15 heavy (non-hydrogen) atoms. The molecule has 1 heterocycles. The third-order valence-electron chi connectivity index (χ3n) is 1.18. The smallest absolute Gasteiger partial charge is 0.418 e. The number of nitrogens with zero attached hydrogens (tertiary/aromatic N) is 1. The van der Waals surface area contributed by atoms with Gasteiger partial charge in [0.25, 0.3) is 15.2 Å². The molecule has 0 saturated heterocycles.